The molecule has 6 heteroatoms. The molecule has 5 nitrogen and oxygen atoms in total. The summed E-state index contributed by atoms with van der Waals surface area (Å²) in [6, 6.07) is 8.26. The van der Waals surface area contributed by atoms with E-state index in [0.29, 0.717) is 5.11 Å². The molecule has 1 saturated heterocycles. The predicted octanol–water partition coefficient (Wildman–Crippen LogP) is 1.37. The molecular weight excluding hydrogens is 284 g/mol. The number of nitrogens with one attached hydrogen (secondary N) is 2. The van der Waals surface area contributed by atoms with Crippen LogP contribution in [0.15, 0.2) is 24.3 Å². The maximum Gasteiger partial charge on any atom is 0.170 e. The Kier molecular flexibility index (Phi) is 6.22. The second kappa shape index (κ2) is 8.17. The van der Waals surface area contributed by atoms with Crippen molar-refractivity contribution in [1.82, 2.24) is 10.2 Å². The highest BCUT2D eigenvalue weighted by atomic mass is 32.1. The summed E-state index contributed by atoms with van der Waals surface area (Å²) in [6.45, 7) is 5.17. The smallest absolute Gasteiger partial charge is 0.170 e. The molecule has 1 fully saturated rings. The van der Waals surface area contributed by atoms with Gasteiger partial charge in [-0.3, -0.25) is 0 Å². The fraction of sp³-hybridized carbons (Fsp3) is 0.533. The maximum absolute atomic E-state index is 5.41. The zero-order valence-corrected chi connectivity index (χ0v) is 13.6. The van der Waals surface area contributed by atoms with Gasteiger partial charge in [-0.15, -0.1) is 0 Å². The number of para-hydroxylation sites is 2. The normalized spacial score (nSPS) is 15.1. The van der Waals surface area contributed by atoms with E-state index < -0.39 is 0 Å². The highest BCUT2D eigenvalue weighted by Gasteiger charge is 2.14. The van der Waals surface area contributed by atoms with Crippen molar-refractivity contribution in [2.75, 3.05) is 63.7 Å². The summed E-state index contributed by atoms with van der Waals surface area (Å²) >= 11 is 5.37. The fourth-order valence-corrected chi connectivity index (χ4v) is 2.43. The van der Waals surface area contributed by atoms with Crippen LogP contribution in [0, 0.1) is 0 Å². The van der Waals surface area contributed by atoms with Crippen LogP contribution in [0.2, 0.25) is 0 Å². The second-order valence-electron chi connectivity index (χ2n) is 5.30. The Morgan fingerprint density at radius 1 is 1.29 bits per heavy atom. The molecule has 2 N–H and O–H groups in total. The largest absolute Gasteiger partial charge is 0.378 e. The number of hydrogen-bond donors (Lipinski definition) is 2. The molecule has 0 spiro atoms. The molecule has 0 unspecified atom stereocenters. The molecule has 1 heterocycles. The van der Waals surface area contributed by atoms with Gasteiger partial charge in [0.15, 0.2) is 5.11 Å². The van der Waals surface area contributed by atoms with E-state index >= 15 is 0 Å². The van der Waals surface area contributed by atoms with Gasteiger partial charge in [0, 0.05) is 26.2 Å². The number of morpholine rings is 1. The topological polar surface area (TPSA) is 39.8 Å². The Bertz CT molecular complexity index is 461. The van der Waals surface area contributed by atoms with E-state index in [4.69, 9.17) is 17.0 Å². The van der Waals surface area contributed by atoms with E-state index in [2.05, 4.69) is 38.6 Å². The van der Waals surface area contributed by atoms with Crippen LogP contribution in [0.5, 0.6) is 0 Å². The van der Waals surface area contributed by atoms with E-state index in [1.165, 1.54) is 5.69 Å². The van der Waals surface area contributed by atoms with Crippen LogP contribution in [0.25, 0.3) is 0 Å². The van der Waals surface area contributed by atoms with E-state index in [9.17, 15) is 0 Å². The number of likely N-dealkylation sites (N-methyl/N-ethyl adjacent to an activating group) is 1. The molecule has 1 aliphatic heterocycles. The van der Waals surface area contributed by atoms with Gasteiger partial charge in [-0.25, -0.2) is 0 Å². The quantitative estimate of drug-likeness (QED) is 0.801. The highest BCUT2D eigenvalue weighted by molar-refractivity contribution is 7.80. The zero-order valence-electron chi connectivity index (χ0n) is 12.8. The van der Waals surface area contributed by atoms with Crippen molar-refractivity contribution in [1.29, 1.82) is 0 Å². The minimum Gasteiger partial charge on any atom is -0.378 e. The Morgan fingerprint density at radius 3 is 2.71 bits per heavy atom. The van der Waals surface area contributed by atoms with Crippen molar-refractivity contribution in [2.45, 2.75) is 0 Å². The maximum atomic E-state index is 5.41. The van der Waals surface area contributed by atoms with Gasteiger partial charge in [-0.1, -0.05) is 12.1 Å². The number of hydrogen-bond acceptors (Lipinski definition) is 4. The monoisotopic (exact) mass is 308 g/mol. The number of rotatable bonds is 5. The van der Waals surface area contributed by atoms with Crippen molar-refractivity contribution < 1.29 is 4.74 Å². The van der Waals surface area contributed by atoms with Gasteiger partial charge in [0.2, 0.25) is 0 Å². The standard InChI is InChI=1S/C15H24N4OS/c1-18(2)8-7-16-15(21)17-13-5-3-4-6-14(13)19-9-11-20-12-10-19/h3-6H,7-12H2,1-2H3,(H2,16,17,21). The molecule has 0 aliphatic carbocycles. The molecule has 2 rings (SSSR count). The first-order chi connectivity index (χ1) is 10.2. The molecule has 0 bridgehead atoms. The third-order valence-corrected chi connectivity index (χ3v) is 3.59. The fourth-order valence-electron chi connectivity index (χ4n) is 2.22. The molecule has 0 aromatic heterocycles. The first kappa shape index (κ1) is 16.0. The van der Waals surface area contributed by atoms with Crippen molar-refractivity contribution in [2.24, 2.45) is 0 Å². The Balaban J connectivity index is 1.94. The molecule has 1 aliphatic rings. The Morgan fingerprint density at radius 2 is 2.00 bits per heavy atom. The first-order valence-corrected chi connectivity index (χ1v) is 7.69. The lowest BCUT2D eigenvalue weighted by Crippen LogP contribution is -2.38. The Hall–Kier alpha value is -1.37. The SMILES string of the molecule is CN(C)CCNC(=S)Nc1ccccc1N1CCOCC1. The van der Waals surface area contributed by atoms with Crippen LogP contribution in [-0.4, -0.2) is 63.5 Å². The van der Waals surface area contributed by atoms with E-state index in [0.717, 1.165) is 45.1 Å². The van der Waals surface area contributed by atoms with E-state index in [-0.39, 0.29) is 0 Å². The summed E-state index contributed by atoms with van der Waals surface area (Å²) in [6.07, 6.45) is 0. The average molecular weight is 308 g/mol. The third-order valence-electron chi connectivity index (χ3n) is 3.35. The van der Waals surface area contributed by atoms with Crippen LogP contribution >= 0.6 is 12.2 Å². The molecule has 0 amide bonds. The third kappa shape index (κ3) is 5.15. The molecular formula is C15H24N4OS. The Labute approximate surface area is 132 Å². The molecule has 1 aromatic rings. The van der Waals surface area contributed by atoms with Gasteiger partial charge in [-0.2, -0.15) is 0 Å². The number of ether oxygens (including phenoxy) is 1. The predicted molar refractivity (Wildman–Crippen MR) is 92.3 cm³/mol. The van der Waals surface area contributed by atoms with Gasteiger partial charge < -0.3 is 25.2 Å². The van der Waals surface area contributed by atoms with Gasteiger partial charge in [0.05, 0.1) is 24.6 Å². The van der Waals surface area contributed by atoms with Gasteiger partial charge >= 0.3 is 0 Å². The van der Waals surface area contributed by atoms with Crippen molar-refractivity contribution in [3.05, 3.63) is 24.3 Å². The van der Waals surface area contributed by atoms with Gasteiger partial charge in [-0.05, 0) is 38.4 Å². The zero-order chi connectivity index (χ0) is 15.1. The summed E-state index contributed by atoms with van der Waals surface area (Å²) in [5.74, 6) is 0. The summed E-state index contributed by atoms with van der Waals surface area (Å²) in [5.41, 5.74) is 2.22. The van der Waals surface area contributed by atoms with E-state index in [1.54, 1.807) is 0 Å². The number of thiocarbonyl (C=S) groups is 1. The summed E-state index contributed by atoms with van der Waals surface area (Å²) < 4.78 is 5.41. The summed E-state index contributed by atoms with van der Waals surface area (Å²) in [7, 11) is 4.10. The van der Waals surface area contributed by atoms with E-state index in [1.807, 2.05) is 20.2 Å². The van der Waals surface area contributed by atoms with Gasteiger partial charge in [0.25, 0.3) is 0 Å². The molecule has 116 valence electrons. The lowest BCUT2D eigenvalue weighted by Gasteiger charge is -2.30. The van der Waals surface area contributed by atoms with Crippen molar-refractivity contribution >= 4 is 28.7 Å². The molecule has 0 atom stereocenters. The molecule has 0 saturated carbocycles. The second-order valence-corrected chi connectivity index (χ2v) is 5.71. The van der Waals surface area contributed by atoms with Crippen LogP contribution < -0.4 is 15.5 Å². The number of nitrogens with zero attached hydrogens (tertiary/aromatic N) is 2. The lowest BCUT2D eigenvalue weighted by molar-refractivity contribution is 0.123. The summed E-state index contributed by atoms with van der Waals surface area (Å²) in [5, 5.41) is 7.19. The minimum absolute atomic E-state index is 0.664. The number of anilines is 2. The van der Waals surface area contributed by atoms with Crippen LogP contribution in [0.1, 0.15) is 0 Å². The van der Waals surface area contributed by atoms with Crippen LogP contribution in [0.4, 0.5) is 11.4 Å². The highest BCUT2D eigenvalue weighted by Crippen LogP contribution is 2.26. The minimum atomic E-state index is 0.664. The lowest BCUT2D eigenvalue weighted by atomic mass is 10.2. The first-order valence-electron chi connectivity index (χ1n) is 7.28. The molecule has 21 heavy (non-hydrogen) atoms. The molecule has 0 radical (unpaired) electrons. The van der Waals surface area contributed by atoms with Gasteiger partial charge in [0.1, 0.15) is 0 Å². The van der Waals surface area contributed by atoms with Crippen molar-refractivity contribution in [3.63, 3.8) is 0 Å². The van der Waals surface area contributed by atoms with Crippen molar-refractivity contribution in [3.8, 4) is 0 Å². The van der Waals surface area contributed by atoms with Crippen LogP contribution in [-0.2, 0) is 4.74 Å². The summed E-state index contributed by atoms with van der Waals surface area (Å²) in [4.78, 5) is 4.45. The average Bonchev–Trinajstić information content (AvgIpc) is 2.48. The molecule has 1 aromatic carbocycles. The van der Waals surface area contributed by atoms with Crippen LogP contribution in [0.3, 0.4) is 0 Å². The number of benzene rings is 1.